The number of rotatable bonds is 3. The van der Waals surface area contributed by atoms with Crippen LogP contribution in [-0.2, 0) is 13.6 Å². The largest absolute Gasteiger partial charge is 0.349 e. The van der Waals surface area contributed by atoms with Gasteiger partial charge in [-0.15, -0.1) is 0 Å². The molecule has 1 fully saturated rings. The van der Waals surface area contributed by atoms with E-state index in [9.17, 15) is 0 Å². The number of aryl methyl sites for hydroxylation is 1. The van der Waals surface area contributed by atoms with E-state index in [1.54, 1.807) is 0 Å². The van der Waals surface area contributed by atoms with Gasteiger partial charge in [0.1, 0.15) is 11.8 Å². The van der Waals surface area contributed by atoms with Crippen LogP contribution in [0.25, 0.3) is 11.0 Å². The van der Waals surface area contributed by atoms with Crippen molar-refractivity contribution in [3.63, 3.8) is 0 Å². The van der Waals surface area contributed by atoms with Crippen LogP contribution in [0.15, 0.2) is 18.3 Å². The molecule has 4 heteroatoms. The van der Waals surface area contributed by atoms with E-state index in [4.69, 9.17) is 5.26 Å². The van der Waals surface area contributed by atoms with Crippen LogP contribution >= 0.6 is 0 Å². The van der Waals surface area contributed by atoms with Crippen LogP contribution in [0, 0.1) is 11.3 Å². The van der Waals surface area contributed by atoms with Crippen LogP contribution < -0.4 is 5.32 Å². The predicted molar refractivity (Wildman–Crippen MR) is 69.9 cm³/mol. The second-order valence-corrected chi connectivity index (χ2v) is 5.35. The van der Waals surface area contributed by atoms with Gasteiger partial charge >= 0.3 is 0 Å². The zero-order chi connectivity index (χ0) is 12.8. The summed E-state index contributed by atoms with van der Waals surface area (Å²) in [5.74, 6) is 0. The third-order valence-corrected chi connectivity index (χ3v) is 3.73. The van der Waals surface area contributed by atoms with Crippen LogP contribution in [0.5, 0.6) is 0 Å². The molecule has 0 spiro atoms. The van der Waals surface area contributed by atoms with E-state index in [1.807, 2.05) is 25.4 Å². The number of nitrogens with one attached hydrogen (secondary N) is 1. The minimum atomic E-state index is 0.299. The minimum absolute atomic E-state index is 0.299. The topological polar surface area (TPSA) is 53.6 Å². The summed E-state index contributed by atoms with van der Waals surface area (Å²) in [6, 6.07) is 5.98. The zero-order valence-corrected chi connectivity index (χ0v) is 10.7. The van der Waals surface area contributed by atoms with Gasteiger partial charge in [-0.2, -0.15) is 5.26 Å². The molecule has 0 aromatic carbocycles. The van der Waals surface area contributed by atoms with Crippen LogP contribution in [0.1, 0.15) is 31.0 Å². The van der Waals surface area contributed by atoms with Gasteiger partial charge in [0, 0.05) is 25.3 Å². The summed E-state index contributed by atoms with van der Waals surface area (Å²) in [6.07, 6.45) is 4.46. The minimum Gasteiger partial charge on any atom is -0.349 e. The number of pyridine rings is 1. The van der Waals surface area contributed by atoms with Crippen molar-refractivity contribution in [1.29, 1.82) is 5.26 Å². The van der Waals surface area contributed by atoms with E-state index in [0.717, 1.165) is 23.1 Å². The number of fused-ring (bicyclic) bond motifs is 1. The molecular weight excluding hydrogens is 224 g/mol. The molecule has 4 nitrogen and oxygen atoms in total. The number of nitrogens with zero attached hydrogens (tertiary/aromatic N) is 3. The Morgan fingerprint density at radius 3 is 3.00 bits per heavy atom. The van der Waals surface area contributed by atoms with E-state index in [1.165, 1.54) is 12.8 Å². The van der Waals surface area contributed by atoms with Gasteiger partial charge in [0.15, 0.2) is 0 Å². The average Bonchev–Trinajstić information content (AvgIpc) is 2.99. The van der Waals surface area contributed by atoms with Crippen molar-refractivity contribution in [3.8, 4) is 6.07 Å². The van der Waals surface area contributed by atoms with Crippen molar-refractivity contribution in [2.45, 2.75) is 31.8 Å². The smallest absolute Gasteiger partial charge is 0.141 e. The molecule has 1 aliphatic rings. The maximum absolute atomic E-state index is 9.03. The number of hydrogen-bond donors (Lipinski definition) is 1. The molecule has 92 valence electrons. The molecule has 1 aliphatic carbocycles. The van der Waals surface area contributed by atoms with Crippen LogP contribution in [0.3, 0.4) is 0 Å². The summed E-state index contributed by atoms with van der Waals surface area (Å²) in [5.41, 5.74) is 3.96. The van der Waals surface area contributed by atoms with Gasteiger partial charge in [0.05, 0.1) is 11.0 Å². The van der Waals surface area contributed by atoms with Crippen molar-refractivity contribution in [1.82, 2.24) is 14.9 Å². The Bertz CT molecular complexity index is 644. The van der Waals surface area contributed by atoms with Gasteiger partial charge in [0.2, 0.25) is 0 Å². The highest BCUT2D eigenvalue weighted by atomic mass is 15.0. The maximum atomic E-state index is 9.03. The second kappa shape index (κ2) is 3.82. The Balaban J connectivity index is 2.02. The molecule has 0 aliphatic heterocycles. The van der Waals surface area contributed by atoms with Gasteiger partial charge in [-0.05, 0) is 37.5 Å². The molecule has 0 saturated heterocycles. The lowest BCUT2D eigenvalue weighted by atomic mass is 10.1. The summed E-state index contributed by atoms with van der Waals surface area (Å²) in [5, 5.41) is 12.6. The van der Waals surface area contributed by atoms with E-state index in [2.05, 4.69) is 27.9 Å². The summed E-state index contributed by atoms with van der Waals surface area (Å²) in [7, 11) is 2.01. The maximum Gasteiger partial charge on any atom is 0.141 e. The van der Waals surface area contributed by atoms with Gasteiger partial charge in [-0.25, -0.2) is 4.98 Å². The molecule has 3 rings (SSSR count). The monoisotopic (exact) mass is 240 g/mol. The molecule has 0 bridgehead atoms. The molecule has 1 saturated carbocycles. The van der Waals surface area contributed by atoms with E-state index >= 15 is 0 Å². The molecular formula is C14H16N4. The fourth-order valence-corrected chi connectivity index (χ4v) is 2.26. The van der Waals surface area contributed by atoms with Crippen LogP contribution in [0.2, 0.25) is 0 Å². The Hall–Kier alpha value is -1.86. The Kier molecular flexibility index (Phi) is 2.39. The van der Waals surface area contributed by atoms with Crippen molar-refractivity contribution in [2.75, 3.05) is 0 Å². The number of nitriles is 1. The van der Waals surface area contributed by atoms with Crippen LogP contribution in [-0.4, -0.2) is 15.1 Å². The molecule has 2 aromatic rings. The van der Waals surface area contributed by atoms with E-state index in [-0.39, 0.29) is 0 Å². The SMILES string of the molecule is Cn1ccc2nc(C#N)cc(CNC3(C)CC3)c21. The van der Waals surface area contributed by atoms with Gasteiger partial charge in [-0.1, -0.05) is 0 Å². The van der Waals surface area contributed by atoms with Crippen molar-refractivity contribution < 1.29 is 0 Å². The first-order valence-electron chi connectivity index (χ1n) is 6.21. The van der Waals surface area contributed by atoms with E-state index in [0.29, 0.717) is 11.2 Å². The van der Waals surface area contributed by atoms with Gasteiger partial charge < -0.3 is 9.88 Å². The van der Waals surface area contributed by atoms with E-state index < -0.39 is 0 Å². The highest BCUT2D eigenvalue weighted by Crippen LogP contribution is 2.34. The summed E-state index contributed by atoms with van der Waals surface area (Å²) < 4.78 is 2.07. The highest BCUT2D eigenvalue weighted by Gasteiger charge is 2.36. The third-order valence-electron chi connectivity index (χ3n) is 3.73. The lowest BCUT2D eigenvalue weighted by molar-refractivity contribution is 0.538. The standard InChI is InChI=1S/C14H16N4/c1-14(4-5-14)16-9-10-7-11(8-15)17-12-3-6-18(2)13(10)12/h3,6-7,16H,4-5,9H2,1-2H3. The first kappa shape index (κ1) is 11.2. The predicted octanol–water partition coefficient (Wildman–Crippen LogP) is 2.09. The number of aromatic nitrogens is 2. The zero-order valence-electron chi connectivity index (χ0n) is 10.7. The number of hydrogen-bond acceptors (Lipinski definition) is 3. The van der Waals surface area contributed by atoms with Crippen molar-refractivity contribution in [3.05, 3.63) is 29.6 Å². The highest BCUT2D eigenvalue weighted by molar-refractivity contribution is 5.80. The van der Waals surface area contributed by atoms with Crippen molar-refractivity contribution >= 4 is 11.0 Å². The summed E-state index contributed by atoms with van der Waals surface area (Å²) >= 11 is 0. The summed E-state index contributed by atoms with van der Waals surface area (Å²) in [4.78, 5) is 4.33. The second-order valence-electron chi connectivity index (χ2n) is 5.35. The van der Waals surface area contributed by atoms with Gasteiger partial charge in [-0.3, -0.25) is 0 Å². The quantitative estimate of drug-likeness (QED) is 0.893. The Labute approximate surface area is 106 Å². The van der Waals surface area contributed by atoms with Crippen molar-refractivity contribution in [2.24, 2.45) is 7.05 Å². The molecule has 0 amide bonds. The van der Waals surface area contributed by atoms with Gasteiger partial charge in [0.25, 0.3) is 0 Å². The van der Waals surface area contributed by atoms with Crippen LogP contribution in [0.4, 0.5) is 0 Å². The first-order chi connectivity index (χ1) is 8.61. The molecule has 0 unspecified atom stereocenters. The molecule has 18 heavy (non-hydrogen) atoms. The average molecular weight is 240 g/mol. The summed E-state index contributed by atoms with van der Waals surface area (Å²) in [6.45, 7) is 3.03. The first-order valence-corrected chi connectivity index (χ1v) is 6.21. The lowest BCUT2D eigenvalue weighted by Crippen LogP contribution is -2.27. The normalized spacial score (nSPS) is 16.7. The lowest BCUT2D eigenvalue weighted by Gasteiger charge is -2.13. The molecule has 1 N–H and O–H groups in total. The molecule has 2 aromatic heterocycles. The third kappa shape index (κ3) is 1.87. The Morgan fingerprint density at radius 2 is 2.33 bits per heavy atom. The molecule has 0 radical (unpaired) electrons. The molecule has 0 atom stereocenters. The Morgan fingerprint density at radius 1 is 1.56 bits per heavy atom. The fourth-order valence-electron chi connectivity index (χ4n) is 2.26. The molecule has 2 heterocycles. The fraction of sp³-hybridized carbons (Fsp3) is 0.429.